The van der Waals surface area contributed by atoms with Crippen molar-refractivity contribution in [1.29, 1.82) is 0 Å². The van der Waals surface area contributed by atoms with Crippen molar-refractivity contribution in [2.45, 2.75) is 59.2 Å². The number of halogens is 2. The minimum atomic E-state index is 0. The van der Waals surface area contributed by atoms with Gasteiger partial charge in [0, 0.05) is 25.6 Å². The Bertz CT molecular complexity index is 548. The summed E-state index contributed by atoms with van der Waals surface area (Å²) in [6.45, 7) is 10.3. The van der Waals surface area contributed by atoms with E-state index in [0.29, 0.717) is 30.8 Å². The molecule has 2 atom stereocenters. The molecule has 1 aliphatic heterocycles. The zero-order chi connectivity index (χ0) is 18.2. The zero-order valence-corrected chi connectivity index (χ0v) is 18.8. The Hall–Kier alpha value is -0.810. The summed E-state index contributed by atoms with van der Waals surface area (Å²) in [5, 5.41) is 6.54. The molecule has 0 saturated carbocycles. The van der Waals surface area contributed by atoms with Gasteiger partial charge in [0.25, 0.3) is 0 Å². The third kappa shape index (κ3) is 9.29. The fourth-order valence-electron chi connectivity index (χ4n) is 3.40. The van der Waals surface area contributed by atoms with Gasteiger partial charge in [0.05, 0.1) is 0 Å². The van der Waals surface area contributed by atoms with Crippen molar-refractivity contribution in [2.24, 2.45) is 11.8 Å². The van der Waals surface area contributed by atoms with E-state index in [4.69, 9.17) is 0 Å². The lowest BCUT2D eigenvalue weighted by molar-refractivity contribution is -0.122. The average Bonchev–Trinajstić information content (AvgIpc) is 2.61. The topological polar surface area (TPSA) is 44.4 Å². The summed E-state index contributed by atoms with van der Waals surface area (Å²) in [5.74, 6) is 1.25. The number of hydrogen-bond acceptors (Lipinski definition) is 3. The van der Waals surface area contributed by atoms with Crippen molar-refractivity contribution in [2.75, 3.05) is 20.1 Å². The van der Waals surface area contributed by atoms with Crippen LogP contribution in [0.15, 0.2) is 24.3 Å². The summed E-state index contributed by atoms with van der Waals surface area (Å²) < 4.78 is 0. The summed E-state index contributed by atoms with van der Waals surface area (Å²) in [5.41, 5.74) is 2.47. The minimum Gasteiger partial charge on any atom is -0.352 e. The Kier molecular flexibility index (Phi) is 13.0. The molecule has 1 aromatic rings. The van der Waals surface area contributed by atoms with Crippen LogP contribution in [0, 0.1) is 11.8 Å². The van der Waals surface area contributed by atoms with Crippen LogP contribution >= 0.6 is 24.8 Å². The van der Waals surface area contributed by atoms with Gasteiger partial charge in [0.15, 0.2) is 0 Å². The van der Waals surface area contributed by atoms with Crippen LogP contribution in [-0.2, 0) is 17.9 Å². The number of benzene rings is 1. The molecule has 0 aliphatic carbocycles. The molecule has 0 radical (unpaired) electrons. The van der Waals surface area contributed by atoms with Gasteiger partial charge in [0.2, 0.25) is 5.91 Å². The van der Waals surface area contributed by atoms with Gasteiger partial charge in [-0.1, -0.05) is 31.2 Å². The first-order valence-corrected chi connectivity index (χ1v) is 9.71. The molecule has 2 N–H and O–H groups in total. The van der Waals surface area contributed by atoms with E-state index in [1.165, 1.54) is 24.0 Å². The van der Waals surface area contributed by atoms with Crippen molar-refractivity contribution in [3.05, 3.63) is 35.4 Å². The number of nitrogens with zero attached hydrogens (tertiary/aromatic N) is 1. The van der Waals surface area contributed by atoms with Crippen LogP contribution in [0.5, 0.6) is 0 Å². The van der Waals surface area contributed by atoms with E-state index in [2.05, 4.69) is 67.6 Å². The quantitative estimate of drug-likeness (QED) is 0.671. The molecule has 1 fully saturated rings. The van der Waals surface area contributed by atoms with Gasteiger partial charge in [-0.15, -0.1) is 24.8 Å². The van der Waals surface area contributed by atoms with E-state index in [1.807, 2.05) is 0 Å². The van der Waals surface area contributed by atoms with Crippen molar-refractivity contribution in [3.8, 4) is 0 Å². The molecule has 1 saturated heterocycles. The number of amides is 1. The molecular formula is C21H37Cl2N3O. The molecule has 0 spiro atoms. The van der Waals surface area contributed by atoms with Crippen LogP contribution in [0.2, 0.25) is 0 Å². The molecule has 27 heavy (non-hydrogen) atoms. The highest BCUT2D eigenvalue weighted by molar-refractivity contribution is 5.85. The maximum absolute atomic E-state index is 12.3. The lowest BCUT2D eigenvalue weighted by Crippen LogP contribution is -2.35. The maximum atomic E-state index is 12.3. The molecule has 6 heteroatoms. The zero-order valence-electron chi connectivity index (χ0n) is 17.2. The van der Waals surface area contributed by atoms with Crippen LogP contribution < -0.4 is 10.6 Å². The predicted molar refractivity (Wildman–Crippen MR) is 119 cm³/mol. The van der Waals surface area contributed by atoms with Crippen molar-refractivity contribution >= 4 is 30.7 Å². The molecule has 1 amide bonds. The molecule has 0 aromatic heterocycles. The predicted octanol–water partition coefficient (Wildman–Crippen LogP) is 4.01. The smallest absolute Gasteiger partial charge is 0.220 e. The number of nitrogens with one attached hydrogen (secondary N) is 2. The molecule has 0 bridgehead atoms. The summed E-state index contributed by atoms with van der Waals surface area (Å²) >= 11 is 0. The van der Waals surface area contributed by atoms with Crippen LogP contribution in [0.3, 0.4) is 0 Å². The van der Waals surface area contributed by atoms with Gasteiger partial charge in [-0.05, 0) is 69.8 Å². The Morgan fingerprint density at radius 3 is 2.59 bits per heavy atom. The highest BCUT2D eigenvalue weighted by Gasteiger charge is 2.21. The third-order valence-electron chi connectivity index (χ3n) is 5.44. The van der Waals surface area contributed by atoms with Crippen LogP contribution in [0.25, 0.3) is 0 Å². The van der Waals surface area contributed by atoms with Crippen LogP contribution in [-0.4, -0.2) is 37.0 Å². The molecule has 1 aromatic carbocycles. The molecular weight excluding hydrogens is 381 g/mol. The van der Waals surface area contributed by atoms with E-state index in [0.717, 1.165) is 19.6 Å². The first kappa shape index (κ1) is 26.2. The van der Waals surface area contributed by atoms with E-state index < -0.39 is 0 Å². The normalized spacial score (nSPS) is 17.8. The van der Waals surface area contributed by atoms with E-state index in [1.54, 1.807) is 0 Å². The highest BCUT2D eigenvalue weighted by atomic mass is 35.5. The second kappa shape index (κ2) is 13.4. The molecule has 1 aliphatic rings. The van der Waals surface area contributed by atoms with Crippen molar-refractivity contribution in [3.63, 3.8) is 0 Å². The minimum absolute atomic E-state index is 0. The van der Waals surface area contributed by atoms with E-state index >= 15 is 0 Å². The van der Waals surface area contributed by atoms with Crippen molar-refractivity contribution in [1.82, 2.24) is 15.5 Å². The largest absolute Gasteiger partial charge is 0.352 e. The summed E-state index contributed by atoms with van der Waals surface area (Å²) in [6.07, 6.45) is 3.10. The molecule has 156 valence electrons. The van der Waals surface area contributed by atoms with Crippen molar-refractivity contribution < 1.29 is 4.79 Å². The molecule has 2 unspecified atom stereocenters. The molecule has 2 rings (SSSR count). The lowest BCUT2D eigenvalue weighted by atomic mass is 9.85. The van der Waals surface area contributed by atoms with Crippen LogP contribution in [0.1, 0.15) is 51.2 Å². The first-order valence-electron chi connectivity index (χ1n) is 9.71. The third-order valence-corrected chi connectivity index (χ3v) is 5.44. The summed E-state index contributed by atoms with van der Waals surface area (Å²) in [6, 6.07) is 9.06. The maximum Gasteiger partial charge on any atom is 0.220 e. The average molecular weight is 418 g/mol. The second-order valence-electron chi connectivity index (χ2n) is 7.89. The monoisotopic (exact) mass is 417 g/mol. The highest BCUT2D eigenvalue weighted by Crippen LogP contribution is 2.22. The fourth-order valence-corrected chi connectivity index (χ4v) is 3.40. The number of piperidine rings is 1. The summed E-state index contributed by atoms with van der Waals surface area (Å²) in [4.78, 5) is 14.6. The van der Waals surface area contributed by atoms with Gasteiger partial charge in [-0.2, -0.15) is 0 Å². The summed E-state index contributed by atoms with van der Waals surface area (Å²) in [7, 11) is 2.14. The lowest BCUT2D eigenvalue weighted by Gasteiger charge is -2.28. The molecule has 4 nitrogen and oxygen atoms in total. The number of hydrogen-bond donors (Lipinski definition) is 2. The SMILES string of the molecule is CC(CC(=O)NCc1cccc(CN(C)C(C)C)c1)C1CCCNC1.Cl.Cl. The Balaban J connectivity index is 0.00000338. The van der Waals surface area contributed by atoms with Crippen LogP contribution in [0.4, 0.5) is 0 Å². The number of carbonyl (C=O) groups is 1. The first-order chi connectivity index (χ1) is 12.0. The Morgan fingerprint density at radius 1 is 1.26 bits per heavy atom. The Morgan fingerprint density at radius 2 is 1.96 bits per heavy atom. The van der Waals surface area contributed by atoms with Gasteiger partial charge in [-0.3, -0.25) is 9.69 Å². The van der Waals surface area contributed by atoms with Gasteiger partial charge in [0.1, 0.15) is 0 Å². The van der Waals surface area contributed by atoms with Gasteiger partial charge in [-0.25, -0.2) is 0 Å². The fraction of sp³-hybridized carbons (Fsp3) is 0.667. The standard InChI is InChI=1S/C21H35N3O.2ClH/c1-16(2)24(4)15-19-8-5-7-18(12-19)13-23-21(25)11-17(3)20-9-6-10-22-14-20;;/h5,7-8,12,16-17,20,22H,6,9-11,13-15H2,1-4H3,(H,23,25);2*1H. The van der Waals surface area contributed by atoms with E-state index in [9.17, 15) is 4.79 Å². The number of rotatable bonds is 8. The van der Waals surface area contributed by atoms with Gasteiger partial charge >= 0.3 is 0 Å². The second-order valence-corrected chi connectivity index (χ2v) is 7.89. The Labute approximate surface area is 177 Å². The van der Waals surface area contributed by atoms with E-state index in [-0.39, 0.29) is 30.7 Å². The van der Waals surface area contributed by atoms with Gasteiger partial charge < -0.3 is 10.6 Å². The number of carbonyl (C=O) groups excluding carboxylic acids is 1. The molecule has 1 heterocycles.